The normalized spacial score (nSPS) is 10.4. The molecule has 24 heavy (non-hydrogen) atoms. The number of anilines is 1. The number of hydrogen-bond donors (Lipinski definition) is 1. The van der Waals surface area contributed by atoms with Crippen LogP contribution in [0.5, 0.6) is 5.75 Å². The van der Waals surface area contributed by atoms with Gasteiger partial charge in [0.1, 0.15) is 10.8 Å². The third kappa shape index (κ3) is 4.17. The van der Waals surface area contributed by atoms with Crippen LogP contribution in [0.1, 0.15) is 11.9 Å². The summed E-state index contributed by atoms with van der Waals surface area (Å²) in [6, 6.07) is 17.8. The quantitative estimate of drug-likeness (QED) is 0.742. The van der Waals surface area contributed by atoms with E-state index >= 15 is 0 Å². The molecule has 2 aromatic carbocycles. The summed E-state index contributed by atoms with van der Waals surface area (Å²) in [5.41, 5.74) is 2.25. The zero-order valence-corrected chi connectivity index (χ0v) is 14.0. The van der Waals surface area contributed by atoms with Crippen LogP contribution in [0.3, 0.4) is 0 Å². The molecule has 6 heteroatoms. The number of benzene rings is 2. The Bertz CT molecular complexity index is 801. The molecular weight excluding hydrogens is 322 g/mol. The maximum Gasteiger partial charge on any atom is 0.264 e. The zero-order valence-electron chi connectivity index (χ0n) is 13.2. The number of nitrogens with zero attached hydrogens (tertiary/aromatic N) is 2. The van der Waals surface area contributed by atoms with E-state index in [1.807, 2.05) is 49.4 Å². The first kappa shape index (κ1) is 16.1. The van der Waals surface area contributed by atoms with Gasteiger partial charge in [-0.05, 0) is 29.7 Å². The minimum atomic E-state index is -0.249. The lowest BCUT2D eigenvalue weighted by molar-refractivity contribution is -0.118. The lowest BCUT2D eigenvalue weighted by atomic mass is 10.1. The Balaban J connectivity index is 1.53. The molecule has 0 aliphatic carbocycles. The van der Waals surface area contributed by atoms with Crippen molar-refractivity contribution in [2.45, 2.75) is 13.3 Å². The van der Waals surface area contributed by atoms with Crippen LogP contribution in [0, 0.1) is 0 Å². The van der Waals surface area contributed by atoms with Crippen molar-refractivity contribution in [3.05, 3.63) is 59.6 Å². The molecule has 0 saturated carbocycles. The molecule has 1 heterocycles. The van der Waals surface area contributed by atoms with E-state index in [9.17, 15) is 4.79 Å². The van der Waals surface area contributed by atoms with E-state index in [0.717, 1.165) is 22.6 Å². The molecule has 0 spiro atoms. The van der Waals surface area contributed by atoms with Gasteiger partial charge >= 0.3 is 0 Å². The van der Waals surface area contributed by atoms with Crippen LogP contribution in [-0.2, 0) is 11.2 Å². The Morgan fingerprint density at radius 2 is 1.75 bits per heavy atom. The van der Waals surface area contributed by atoms with Crippen LogP contribution in [0.25, 0.3) is 11.1 Å². The zero-order chi connectivity index (χ0) is 16.8. The first-order valence-corrected chi connectivity index (χ1v) is 8.47. The van der Waals surface area contributed by atoms with Crippen molar-refractivity contribution in [1.29, 1.82) is 0 Å². The van der Waals surface area contributed by atoms with Gasteiger partial charge < -0.3 is 4.74 Å². The molecule has 0 radical (unpaired) electrons. The van der Waals surface area contributed by atoms with E-state index in [2.05, 4.69) is 27.6 Å². The highest BCUT2D eigenvalue weighted by atomic mass is 32.1. The van der Waals surface area contributed by atoms with Crippen molar-refractivity contribution < 1.29 is 9.53 Å². The molecule has 122 valence electrons. The summed E-state index contributed by atoms with van der Waals surface area (Å²) in [6.07, 6.45) is 0.803. The van der Waals surface area contributed by atoms with Gasteiger partial charge in [-0.15, -0.1) is 10.2 Å². The molecule has 0 unspecified atom stereocenters. The molecule has 0 aliphatic rings. The molecule has 0 bridgehead atoms. The van der Waals surface area contributed by atoms with Crippen LogP contribution < -0.4 is 10.1 Å². The molecule has 0 atom stereocenters. The molecule has 3 aromatic rings. The van der Waals surface area contributed by atoms with Crippen molar-refractivity contribution >= 4 is 22.4 Å². The lowest BCUT2D eigenvalue weighted by Gasteiger charge is -2.07. The maximum absolute atomic E-state index is 11.9. The number of amides is 1. The summed E-state index contributed by atoms with van der Waals surface area (Å²) in [5.74, 6) is 0.400. The van der Waals surface area contributed by atoms with Gasteiger partial charge in [0.25, 0.3) is 5.91 Å². The summed E-state index contributed by atoms with van der Waals surface area (Å²) in [5, 5.41) is 11.9. The summed E-state index contributed by atoms with van der Waals surface area (Å²) in [4.78, 5) is 11.9. The van der Waals surface area contributed by atoms with Gasteiger partial charge in [0.15, 0.2) is 6.61 Å². The molecule has 1 amide bonds. The molecule has 1 N–H and O–H groups in total. The maximum atomic E-state index is 11.9. The van der Waals surface area contributed by atoms with Gasteiger partial charge in [0.2, 0.25) is 5.13 Å². The predicted molar refractivity (Wildman–Crippen MR) is 95.3 cm³/mol. The van der Waals surface area contributed by atoms with Crippen molar-refractivity contribution in [1.82, 2.24) is 10.2 Å². The van der Waals surface area contributed by atoms with Gasteiger partial charge in [-0.3, -0.25) is 10.1 Å². The molecule has 0 saturated heterocycles. The third-order valence-electron chi connectivity index (χ3n) is 3.35. The van der Waals surface area contributed by atoms with Crippen LogP contribution in [0.15, 0.2) is 54.6 Å². The molecule has 1 aromatic heterocycles. The number of ether oxygens (including phenoxy) is 1. The summed E-state index contributed by atoms with van der Waals surface area (Å²) in [7, 11) is 0. The van der Waals surface area contributed by atoms with Gasteiger partial charge in [0.05, 0.1) is 0 Å². The Morgan fingerprint density at radius 1 is 1.04 bits per heavy atom. The number of nitrogens with one attached hydrogen (secondary N) is 1. The molecule has 3 rings (SSSR count). The Morgan fingerprint density at radius 3 is 2.42 bits per heavy atom. The monoisotopic (exact) mass is 339 g/mol. The minimum Gasteiger partial charge on any atom is -0.484 e. The van der Waals surface area contributed by atoms with E-state index in [0.29, 0.717) is 10.9 Å². The van der Waals surface area contributed by atoms with Crippen LogP contribution in [0.4, 0.5) is 5.13 Å². The number of aromatic nitrogens is 2. The Kier molecular flexibility index (Phi) is 5.18. The molecule has 0 aliphatic heterocycles. The van der Waals surface area contributed by atoms with Crippen LogP contribution >= 0.6 is 11.3 Å². The summed E-state index contributed by atoms with van der Waals surface area (Å²) < 4.78 is 5.51. The first-order chi connectivity index (χ1) is 11.7. The average Bonchev–Trinajstić information content (AvgIpc) is 3.09. The van der Waals surface area contributed by atoms with Crippen LogP contribution in [0.2, 0.25) is 0 Å². The van der Waals surface area contributed by atoms with Crippen molar-refractivity contribution in [3.8, 4) is 16.9 Å². The number of carbonyl (C=O) groups excluding carboxylic acids is 1. The van der Waals surface area contributed by atoms with E-state index in [1.54, 1.807) is 0 Å². The number of carbonyl (C=O) groups is 1. The highest BCUT2D eigenvalue weighted by Crippen LogP contribution is 2.22. The standard InChI is InChI=1S/C18H17N3O2S/c1-2-17-20-21-18(24-17)19-16(22)12-23-15-10-8-14(9-11-15)13-6-4-3-5-7-13/h3-11H,2,12H2,1H3,(H,19,21,22). The lowest BCUT2D eigenvalue weighted by Crippen LogP contribution is -2.20. The topological polar surface area (TPSA) is 64.1 Å². The summed E-state index contributed by atoms with van der Waals surface area (Å²) in [6.45, 7) is 1.93. The van der Waals surface area contributed by atoms with Crippen molar-refractivity contribution in [2.24, 2.45) is 0 Å². The smallest absolute Gasteiger partial charge is 0.264 e. The Hall–Kier alpha value is -2.73. The fourth-order valence-electron chi connectivity index (χ4n) is 2.13. The first-order valence-electron chi connectivity index (χ1n) is 7.65. The van der Waals surface area contributed by atoms with Gasteiger partial charge in [-0.25, -0.2) is 0 Å². The summed E-state index contributed by atoms with van der Waals surface area (Å²) >= 11 is 1.37. The minimum absolute atomic E-state index is 0.0638. The number of hydrogen-bond acceptors (Lipinski definition) is 5. The fraction of sp³-hybridized carbons (Fsp3) is 0.167. The van der Waals surface area contributed by atoms with Crippen molar-refractivity contribution in [2.75, 3.05) is 11.9 Å². The SMILES string of the molecule is CCc1nnc(NC(=O)COc2ccc(-c3ccccc3)cc2)s1. The number of rotatable bonds is 6. The second-order valence-electron chi connectivity index (χ2n) is 5.08. The molecular formula is C18H17N3O2S. The van der Waals surface area contributed by atoms with E-state index in [-0.39, 0.29) is 12.5 Å². The van der Waals surface area contributed by atoms with Crippen LogP contribution in [-0.4, -0.2) is 22.7 Å². The largest absolute Gasteiger partial charge is 0.484 e. The molecule has 5 nitrogen and oxygen atoms in total. The predicted octanol–water partition coefficient (Wildman–Crippen LogP) is 3.79. The Labute approximate surface area is 144 Å². The highest BCUT2D eigenvalue weighted by molar-refractivity contribution is 7.15. The average molecular weight is 339 g/mol. The van der Waals surface area contributed by atoms with E-state index in [1.165, 1.54) is 11.3 Å². The molecule has 0 fully saturated rings. The van der Waals surface area contributed by atoms with E-state index < -0.39 is 0 Å². The third-order valence-corrected chi connectivity index (χ3v) is 4.33. The second kappa shape index (κ2) is 7.70. The number of aryl methyl sites for hydroxylation is 1. The van der Waals surface area contributed by atoms with Gasteiger partial charge in [-0.2, -0.15) is 0 Å². The highest BCUT2D eigenvalue weighted by Gasteiger charge is 2.08. The second-order valence-corrected chi connectivity index (χ2v) is 6.14. The van der Waals surface area contributed by atoms with Crippen molar-refractivity contribution in [3.63, 3.8) is 0 Å². The fourth-order valence-corrected chi connectivity index (χ4v) is 2.82. The van der Waals surface area contributed by atoms with E-state index in [4.69, 9.17) is 4.74 Å². The van der Waals surface area contributed by atoms with Gasteiger partial charge in [-0.1, -0.05) is 60.7 Å². The van der Waals surface area contributed by atoms with Gasteiger partial charge in [0, 0.05) is 0 Å².